The third kappa shape index (κ3) is 1.94. The Balaban J connectivity index is 2.05. The minimum Gasteiger partial charge on any atom is -0.364 e. The molecule has 1 aromatic rings. The maximum absolute atomic E-state index is 11.8. The Bertz CT molecular complexity index is 599. The van der Waals surface area contributed by atoms with Crippen molar-refractivity contribution >= 4 is 27.1 Å². The second-order valence-corrected chi connectivity index (χ2v) is 6.84. The number of carbonyl (C=O) groups is 1. The molecule has 1 amide bonds. The van der Waals surface area contributed by atoms with Crippen LogP contribution in [-0.4, -0.2) is 43.4 Å². The van der Waals surface area contributed by atoms with E-state index in [0.717, 1.165) is 5.69 Å². The predicted octanol–water partition coefficient (Wildman–Crippen LogP) is 0.0272. The number of pyridine rings is 1. The average molecular weight is 267 g/mol. The van der Waals surface area contributed by atoms with Crippen LogP contribution in [0.5, 0.6) is 0 Å². The molecule has 0 aliphatic carbocycles. The molecule has 0 aromatic carbocycles. The summed E-state index contributed by atoms with van der Waals surface area (Å²) in [4.78, 5) is 17.7. The maximum atomic E-state index is 11.8. The van der Waals surface area contributed by atoms with Gasteiger partial charge in [-0.2, -0.15) is 0 Å². The topological polar surface area (TPSA) is 79.4 Å². The van der Waals surface area contributed by atoms with Gasteiger partial charge in [-0.1, -0.05) is 0 Å². The normalized spacial score (nSPS) is 25.7. The summed E-state index contributed by atoms with van der Waals surface area (Å²) in [5.41, 5.74) is 1.51. The van der Waals surface area contributed by atoms with Crippen molar-refractivity contribution in [2.75, 3.05) is 28.3 Å². The number of anilines is 2. The summed E-state index contributed by atoms with van der Waals surface area (Å²) in [5, 5.41) is 2.77. The highest BCUT2D eigenvalue weighted by molar-refractivity contribution is 7.91. The Morgan fingerprint density at radius 2 is 2.28 bits per heavy atom. The van der Waals surface area contributed by atoms with Crippen molar-refractivity contribution in [2.24, 2.45) is 0 Å². The number of nitrogens with one attached hydrogen (secondary N) is 1. The molecule has 1 atom stereocenters. The van der Waals surface area contributed by atoms with Gasteiger partial charge in [0.05, 0.1) is 35.1 Å². The Kier molecular flexibility index (Phi) is 2.51. The molecular weight excluding hydrogens is 254 g/mol. The number of sulfone groups is 1. The zero-order valence-corrected chi connectivity index (χ0v) is 10.5. The third-order valence-corrected chi connectivity index (χ3v) is 5.03. The van der Waals surface area contributed by atoms with Crippen molar-refractivity contribution in [2.45, 2.75) is 12.5 Å². The van der Waals surface area contributed by atoms with Gasteiger partial charge in [0, 0.05) is 19.2 Å². The van der Waals surface area contributed by atoms with E-state index in [-0.39, 0.29) is 29.9 Å². The van der Waals surface area contributed by atoms with E-state index in [0.29, 0.717) is 12.2 Å². The smallest absolute Gasteiger partial charge is 0.226 e. The molecule has 0 spiro atoms. The largest absolute Gasteiger partial charge is 0.364 e. The van der Waals surface area contributed by atoms with Crippen molar-refractivity contribution in [1.82, 2.24) is 4.98 Å². The van der Waals surface area contributed by atoms with Crippen LogP contribution in [0.25, 0.3) is 0 Å². The Hall–Kier alpha value is -1.63. The summed E-state index contributed by atoms with van der Waals surface area (Å²) in [6, 6.07) is 1.54. The molecule has 96 valence electrons. The van der Waals surface area contributed by atoms with Gasteiger partial charge in [-0.3, -0.25) is 9.78 Å². The van der Waals surface area contributed by atoms with Gasteiger partial charge >= 0.3 is 0 Å². The number of aromatic nitrogens is 1. The first-order chi connectivity index (χ1) is 8.55. The monoisotopic (exact) mass is 267 g/mol. The second-order valence-electron chi connectivity index (χ2n) is 4.61. The Morgan fingerprint density at radius 3 is 3.11 bits per heavy atom. The second kappa shape index (κ2) is 3.94. The fourth-order valence-corrected chi connectivity index (χ4v) is 4.05. The van der Waals surface area contributed by atoms with E-state index in [1.807, 2.05) is 11.0 Å². The molecule has 1 saturated heterocycles. The molecule has 3 rings (SSSR count). The minimum absolute atomic E-state index is 0.0438. The summed E-state index contributed by atoms with van der Waals surface area (Å²) in [6.07, 6.45) is 3.45. The standard InChI is InChI=1S/C11H13N3O3S/c15-11-5-8-7-18(16,17)4-3-14(8)10-1-2-12-6-9(10)13-11/h1-2,6,8H,3-5,7H2,(H,13,15). The van der Waals surface area contributed by atoms with Crippen molar-refractivity contribution < 1.29 is 13.2 Å². The van der Waals surface area contributed by atoms with Gasteiger partial charge in [0.2, 0.25) is 5.91 Å². The summed E-state index contributed by atoms with van der Waals surface area (Å²) >= 11 is 0. The summed E-state index contributed by atoms with van der Waals surface area (Å²) < 4.78 is 23.3. The van der Waals surface area contributed by atoms with Crippen molar-refractivity contribution in [3.05, 3.63) is 18.5 Å². The van der Waals surface area contributed by atoms with Crippen LogP contribution in [0.3, 0.4) is 0 Å². The molecule has 0 bridgehead atoms. The van der Waals surface area contributed by atoms with E-state index in [2.05, 4.69) is 10.3 Å². The van der Waals surface area contributed by atoms with Crippen LogP contribution < -0.4 is 10.2 Å². The third-order valence-electron chi connectivity index (χ3n) is 3.33. The first-order valence-corrected chi connectivity index (χ1v) is 7.58. The van der Waals surface area contributed by atoms with Gasteiger partial charge in [-0.05, 0) is 6.07 Å². The van der Waals surface area contributed by atoms with Crippen LogP contribution in [-0.2, 0) is 14.6 Å². The number of amides is 1. The molecular formula is C11H13N3O3S. The lowest BCUT2D eigenvalue weighted by atomic mass is 10.2. The quantitative estimate of drug-likeness (QED) is 0.717. The summed E-state index contributed by atoms with van der Waals surface area (Å²) in [6.45, 7) is 0.430. The zero-order chi connectivity index (χ0) is 12.8. The van der Waals surface area contributed by atoms with Crippen LogP contribution in [0.1, 0.15) is 6.42 Å². The van der Waals surface area contributed by atoms with Gasteiger partial charge in [-0.15, -0.1) is 0 Å². The van der Waals surface area contributed by atoms with Gasteiger partial charge in [0.15, 0.2) is 9.84 Å². The van der Waals surface area contributed by atoms with Gasteiger partial charge in [-0.25, -0.2) is 8.42 Å². The van der Waals surface area contributed by atoms with Crippen LogP contribution >= 0.6 is 0 Å². The maximum Gasteiger partial charge on any atom is 0.226 e. The highest BCUT2D eigenvalue weighted by Crippen LogP contribution is 2.32. The number of nitrogens with zero attached hydrogens (tertiary/aromatic N) is 2. The fraction of sp³-hybridized carbons (Fsp3) is 0.455. The van der Waals surface area contributed by atoms with E-state index in [1.54, 1.807) is 12.4 Å². The Labute approximate surface area is 105 Å². The SMILES string of the molecule is O=C1CC2CS(=O)(=O)CCN2c2ccncc2N1. The van der Waals surface area contributed by atoms with E-state index >= 15 is 0 Å². The summed E-state index contributed by atoms with van der Waals surface area (Å²) in [7, 11) is -3.03. The molecule has 1 unspecified atom stereocenters. The van der Waals surface area contributed by atoms with Crippen molar-refractivity contribution in [1.29, 1.82) is 0 Å². The van der Waals surface area contributed by atoms with Gasteiger partial charge in [0.25, 0.3) is 0 Å². The summed E-state index contributed by atoms with van der Waals surface area (Å²) in [5.74, 6) is 0.0237. The van der Waals surface area contributed by atoms with Gasteiger partial charge in [0.1, 0.15) is 0 Å². The molecule has 2 aliphatic rings. The van der Waals surface area contributed by atoms with E-state index in [9.17, 15) is 13.2 Å². The molecule has 2 aliphatic heterocycles. The lowest BCUT2D eigenvalue weighted by molar-refractivity contribution is -0.116. The first kappa shape index (κ1) is 11.5. The molecule has 0 saturated carbocycles. The number of fused-ring (bicyclic) bond motifs is 3. The highest BCUT2D eigenvalue weighted by Gasteiger charge is 2.35. The van der Waals surface area contributed by atoms with Crippen LogP contribution in [0.2, 0.25) is 0 Å². The predicted molar refractivity (Wildman–Crippen MR) is 67.3 cm³/mol. The van der Waals surface area contributed by atoms with Gasteiger partial charge < -0.3 is 10.2 Å². The molecule has 1 N–H and O–H groups in total. The lowest BCUT2D eigenvalue weighted by Crippen LogP contribution is -2.48. The van der Waals surface area contributed by atoms with E-state index in [4.69, 9.17) is 0 Å². The molecule has 1 fully saturated rings. The molecule has 1 aromatic heterocycles. The number of hydrogen-bond donors (Lipinski definition) is 1. The number of rotatable bonds is 0. The first-order valence-electron chi connectivity index (χ1n) is 5.76. The van der Waals surface area contributed by atoms with Crippen molar-refractivity contribution in [3.8, 4) is 0 Å². The Morgan fingerprint density at radius 1 is 1.44 bits per heavy atom. The molecule has 7 heteroatoms. The highest BCUT2D eigenvalue weighted by atomic mass is 32.2. The zero-order valence-electron chi connectivity index (χ0n) is 9.67. The molecule has 18 heavy (non-hydrogen) atoms. The van der Waals surface area contributed by atoms with Crippen LogP contribution in [0, 0.1) is 0 Å². The lowest BCUT2D eigenvalue weighted by Gasteiger charge is -2.35. The van der Waals surface area contributed by atoms with Crippen molar-refractivity contribution in [3.63, 3.8) is 0 Å². The van der Waals surface area contributed by atoms with E-state index in [1.165, 1.54) is 0 Å². The molecule has 0 radical (unpaired) electrons. The van der Waals surface area contributed by atoms with Crippen LogP contribution in [0.4, 0.5) is 11.4 Å². The molecule has 3 heterocycles. The van der Waals surface area contributed by atoms with Crippen LogP contribution in [0.15, 0.2) is 18.5 Å². The number of hydrogen-bond acceptors (Lipinski definition) is 5. The number of carbonyl (C=O) groups excluding carboxylic acids is 1. The average Bonchev–Trinajstić information content (AvgIpc) is 2.42. The fourth-order valence-electron chi connectivity index (χ4n) is 2.52. The minimum atomic E-state index is -3.03. The molecule has 6 nitrogen and oxygen atoms in total. The van der Waals surface area contributed by atoms with E-state index < -0.39 is 9.84 Å².